The van der Waals surface area contributed by atoms with Gasteiger partial charge in [-0.1, -0.05) is 28.1 Å². The van der Waals surface area contributed by atoms with Crippen molar-refractivity contribution < 1.29 is 8.42 Å². The predicted octanol–water partition coefficient (Wildman–Crippen LogP) is 1.59. The van der Waals surface area contributed by atoms with Gasteiger partial charge in [-0.05, 0) is 24.1 Å². The van der Waals surface area contributed by atoms with E-state index in [0.717, 1.165) is 10.0 Å². The van der Waals surface area contributed by atoms with Crippen molar-refractivity contribution in [1.82, 2.24) is 0 Å². The fraction of sp³-hybridized carbons (Fsp3) is 0.333. The van der Waals surface area contributed by atoms with Crippen LogP contribution in [0.1, 0.15) is 17.9 Å². The Morgan fingerprint density at radius 2 is 1.86 bits per heavy atom. The molecule has 3 nitrogen and oxygen atoms in total. The van der Waals surface area contributed by atoms with Gasteiger partial charge in [0.15, 0.2) is 0 Å². The first kappa shape index (κ1) is 10.1. The number of sulfonamides is 1. The van der Waals surface area contributed by atoms with E-state index in [2.05, 4.69) is 15.9 Å². The van der Waals surface area contributed by atoms with Crippen molar-refractivity contribution in [2.45, 2.75) is 17.6 Å². The average Bonchev–Trinajstić information content (AvgIpc) is 2.83. The van der Waals surface area contributed by atoms with Gasteiger partial charge >= 0.3 is 0 Å². The molecule has 2 N–H and O–H groups in total. The second-order valence-electron chi connectivity index (χ2n) is 3.52. The SMILES string of the molecule is NS(=O)(=O)C1CC1c1ccc(Br)cc1. The molecule has 2 unspecified atom stereocenters. The lowest BCUT2D eigenvalue weighted by molar-refractivity contribution is 0.595. The molecule has 0 radical (unpaired) electrons. The fourth-order valence-corrected chi connectivity index (χ4v) is 2.95. The molecule has 1 aromatic carbocycles. The first-order valence-electron chi connectivity index (χ1n) is 4.25. The number of rotatable bonds is 2. The van der Waals surface area contributed by atoms with Gasteiger partial charge in [0, 0.05) is 10.4 Å². The van der Waals surface area contributed by atoms with E-state index in [0.29, 0.717) is 6.42 Å². The van der Waals surface area contributed by atoms with Gasteiger partial charge in [0.05, 0.1) is 5.25 Å². The molecule has 1 aliphatic carbocycles. The van der Waals surface area contributed by atoms with E-state index in [9.17, 15) is 8.42 Å². The highest BCUT2D eigenvalue weighted by atomic mass is 79.9. The first-order valence-corrected chi connectivity index (χ1v) is 6.66. The van der Waals surface area contributed by atoms with Crippen molar-refractivity contribution in [3.8, 4) is 0 Å². The van der Waals surface area contributed by atoms with Crippen molar-refractivity contribution in [1.29, 1.82) is 0 Å². The van der Waals surface area contributed by atoms with Crippen LogP contribution in [0.15, 0.2) is 28.7 Å². The molecular formula is C9H10BrNO2S. The second-order valence-corrected chi connectivity index (χ2v) is 6.22. The minimum Gasteiger partial charge on any atom is -0.228 e. The van der Waals surface area contributed by atoms with Crippen LogP contribution in [0.5, 0.6) is 0 Å². The zero-order valence-corrected chi connectivity index (χ0v) is 9.75. The Bertz CT molecular complexity index is 440. The molecule has 14 heavy (non-hydrogen) atoms. The maximum absolute atomic E-state index is 11.0. The molecule has 1 saturated carbocycles. The summed E-state index contributed by atoms with van der Waals surface area (Å²) >= 11 is 3.33. The summed E-state index contributed by atoms with van der Waals surface area (Å²) in [5, 5.41) is 4.69. The van der Waals surface area contributed by atoms with E-state index in [1.807, 2.05) is 24.3 Å². The van der Waals surface area contributed by atoms with E-state index in [1.165, 1.54) is 0 Å². The Kier molecular flexibility index (Phi) is 2.41. The highest BCUT2D eigenvalue weighted by molar-refractivity contribution is 9.10. The smallest absolute Gasteiger partial charge is 0.212 e. The van der Waals surface area contributed by atoms with Gasteiger partial charge in [-0.15, -0.1) is 0 Å². The van der Waals surface area contributed by atoms with E-state index in [1.54, 1.807) is 0 Å². The van der Waals surface area contributed by atoms with Gasteiger partial charge in [-0.25, -0.2) is 13.6 Å². The van der Waals surface area contributed by atoms with Gasteiger partial charge in [0.1, 0.15) is 0 Å². The lowest BCUT2D eigenvalue weighted by Gasteiger charge is -1.99. The Balaban J connectivity index is 2.18. The quantitative estimate of drug-likeness (QED) is 0.891. The standard InChI is InChI=1S/C9H10BrNO2S/c10-7-3-1-6(2-4-7)8-5-9(8)14(11,12)13/h1-4,8-9H,5H2,(H2,11,12,13). The normalized spacial score (nSPS) is 26.1. The Labute approximate surface area is 91.5 Å². The predicted molar refractivity (Wildman–Crippen MR) is 58.4 cm³/mol. The molecule has 1 fully saturated rings. The maximum atomic E-state index is 11.0. The highest BCUT2D eigenvalue weighted by Crippen LogP contribution is 2.44. The molecule has 0 aromatic heterocycles. The van der Waals surface area contributed by atoms with Crippen molar-refractivity contribution >= 4 is 26.0 Å². The molecule has 1 aliphatic rings. The molecule has 0 heterocycles. The monoisotopic (exact) mass is 275 g/mol. The first-order chi connectivity index (χ1) is 6.48. The summed E-state index contributed by atoms with van der Waals surface area (Å²) < 4.78 is 23.0. The van der Waals surface area contributed by atoms with E-state index in [4.69, 9.17) is 5.14 Å². The van der Waals surface area contributed by atoms with Crippen LogP contribution in [0.4, 0.5) is 0 Å². The largest absolute Gasteiger partial charge is 0.228 e. The average molecular weight is 276 g/mol. The summed E-state index contributed by atoms with van der Waals surface area (Å²) in [5.74, 6) is 0.0955. The highest BCUT2D eigenvalue weighted by Gasteiger charge is 2.46. The van der Waals surface area contributed by atoms with Crippen LogP contribution in [0.3, 0.4) is 0 Å². The minimum absolute atomic E-state index is 0.0955. The maximum Gasteiger partial charge on any atom is 0.212 e. The molecule has 0 spiro atoms. The molecule has 0 amide bonds. The summed E-state index contributed by atoms with van der Waals surface area (Å²) in [6.07, 6.45) is 0.653. The molecule has 0 bridgehead atoms. The van der Waals surface area contributed by atoms with Gasteiger partial charge in [-0.3, -0.25) is 0 Å². The molecular weight excluding hydrogens is 266 g/mol. The molecule has 0 aliphatic heterocycles. The van der Waals surface area contributed by atoms with Crippen LogP contribution in [0, 0.1) is 0 Å². The summed E-state index contributed by atoms with van der Waals surface area (Å²) in [4.78, 5) is 0. The molecule has 0 saturated heterocycles. The number of hydrogen-bond donors (Lipinski definition) is 1. The van der Waals surface area contributed by atoms with Crippen LogP contribution < -0.4 is 5.14 Å². The van der Waals surface area contributed by atoms with Crippen LogP contribution in [0.25, 0.3) is 0 Å². The molecule has 76 valence electrons. The van der Waals surface area contributed by atoms with Gasteiger partial charge < -0.3 is 0 Å². The number of nitrogens with two attached hydrogens (primary N) is 1. The topological polar surface area (TPSA) is 60.2 Å². The summed E-state index contributed by atoms with van der Waals surface area (Å²) in [7, 11) is -3.35. The van der Waals surface area contributed by atoms with Gasteiger partial charge in [-0.2, -0.15) is 0 Å². The third-order valence-electron chi connectivity index (χ3n) is 2.45. The summed E-state index contributed by atoms with van der Waals surface area (Å²) in [6, 6.07) is 7.68. The number of hydrogen-bond acceptors (Lipinski definition) is 2. The number of halogens is 1. The number of primary sulfonamides is 1. The lowest BCUT2D eigenvalue weighted by Crippen LogP contribution is -2.18. The van der Waals surface area contributed by atoms with Crippen molar-refractivity contribution in [3.05, 3.63) is 34.3 Å². The fourth-order valence-electron chi connectivity index (χ4n) is 1.60. The molecule has 1 aromatic rings. The summed E-state index contributed by atoms with van der Waals surface area (Å²) in [5.41, 5.74) is 1.05. The van der Waals surface area contributed by atoms with Crippen molar-refractivity contribution in [2.24, 2.45) is 5.14 Å². The van der Waals surface area contributed by atoms with Crippen molar-refractivity contribution in [2.75, 3.05) is 0 Å². The third-order valence-corrected chi connectivity index (χ3v) is 4.35. The lowest BCUT2D eigenvalue weighted by atomic mass is 10.1. The van der Waals surface area contributed by atoms with E-state index < -0.39 is 10.0 Å². The van der Waals surface area contributed by atoms with Crippen LogP contribution in [0.2, 0.25) is 0 Å². The summed E-state index contributed by atoms with van der Waals surface area (Å²) in [6.45, 7) is 0. The second kappa shape index (κ2) is 3.32. The van der Waals surface area contributed by atoms with Gasteiger partial charge in [0.2, 0.25) is 10.0 Å². The number of benzene rings is 1. The molecule has 2 rings (SSSR count). The third kappa shape index (κ3) is 1.99. The van der Waals surface area contributed by atoms with Crippen LogP contribution in [-0.2, 0) is 10.0 Å². The Morgan fingerprint density at radius 3 is 2.29 bits per heavy atom. The van der Waals surface area contributed by atoms with Crippen LogP contribution in [-0.4, -0.2) is 13.7 Å². The zero-order valence-electron chi connectivity index (χ0n) is 7.35. The van der Waals surface area contributed by atoms with Crippen LogP contribution >= 0.6 is 15.9 Å². The molecule has 5 heteroatoms. The zero-order chi connectivity index (χ0) is 10.3. The molecule has 2 atom stereocenters. The van der Waals surface area contributed by atoms with E-state index >= 15 is 0 Å². The van der Waals surface area contributed by atoms with E-state index in [-0.39, 0.29) is 11.2 Å². The Hall–Kier alpha value is -0.390. The van der Waals surface area contributed by atoms with Crippen molar-refractivity contribution in [3.63, 3.8) is 0 Å². The Morgan fingerprint density at radius 1 is 1.29 bits per heavy atom. The minimum atomic E-state index is -3.35. The van der Waals surface area contributed by atoms with Gasteiger partial charge in [0.25, 0.3) is 0 Å².